The molecule has 2 aliphatic rings. The second-order valence-electron chi connectivity index (χ2n) is 11.0. The summed E-state index contributed by atoms with van der Waals surface area (Å²) in [5.41, 5.74) is 3.74. The molecule has 2 fully saturated rings. The van der Waals surface area contributed by atoms with Crippen molar-refractivity contribution < 1.29 is 37.3 Å². The van der Waals surface area contributed by atoms with Gasteiger partial charge in [-0.15, -0.1) is 0 Å². The van der Waals surface area contributed by atoms with E-state index in [0.717, 1.165) is 55.8 Å². The Morgan fingerprint density at radius 2 is 1.55 bits per heavy atom. The number of fused-ring (bicyclic) bond motifs is 1. The number of urea groups is 1. The molecule has 5 rings (SSSR count). The molecule has 8 nitrogen and oxygen atoms in total. The molecule has 44 heavy (non-hydrogen) atoms. The number of carboxylic acid groups (broad SMARTS) is 1. The molecule has 3 atom stereocenters. The number of aliphatic carboxylic acids is 1. The number of amides is 2. The molecule has 0 bridgehead atoms. The number of likely N-dealkylation sites (tertiary alicyclic amines) is 1. The van der Waals surface area contributed by atoms with Crippen LogP contribution in [-0.2, 0) is 23.3 Å². The van der Waals surface area contributed by atoms with Crippen LogP contribution in [-0.4, -0.2) is 61.0 Å². The molecule has 0 spiro atoms. The van der Waals surface area contributed by atoms with E-state index in [2.05, 4.69) is 58.0 Å². The number of carboxylic acids is 1. The molecule has 3 aromatic rings. The molecule has 3 aromatic carbocycles. The highest BCUT2D eigenvalue weighted by atomic mass is 19.4. The van der Waals surface area contributed by atoms with E-state index in [4.69, 9.17) is 19.4 Å². The second-order valence-corrected chi connectivity index (χ2v) is 11.0. The third-order valence-corrected chi connectivity index (χ3v) is 8.43. The minimum absolute atomic E-state index is 0.0209. The minimum atomic E-state index is -5.08. The monoisotopic (exact) mass is 613 g/mol. The Balaban J connectivity index is 0.000000566. The van der Waals surface area contributed by atoms with Gasteiger partial charge in [-0.2, -0.15) is 13.2 Å². The van der Waals surface area contributed by atoms with Gasteiger partial charge < -0.3 is 25.2 Å². The topological polar surface area (TPSA) is 100 Å². The summed E-state index contributed by atoms with van der Waals surface area (Å²) in [6.45, 7) is 2.47. The molecule has 1 aliphatic carbocycles. The lowest BCUT2D eigenvalue weighted by Crippen LogP contribution is -2.53. The lowest BCUT2D eigenvalue weighted by Gasteiger charge is -2.45. The zero-order chi connectivity index (χ0) is 31.7. The van der Waals surface area contributed by atoms with Crippen molar-refractivity contribution in [2.24, 2.45) is 0 Å². The predicted molar refractivity (Wildman–Crippen MR) is 160 cm³/mol. The molecule has 11 heteroatoms. The molecule has 1 aliphatic heterocycles. The maximum atomic E-state index is 12.8. The van der Waals surface area contributed by atoms with Crippen LogP contribution in [0, 0.1) is 0 Å². The van der Waals surface area contributed by atoms with E-state index >= 15 is 0 Å². The van der Waals surface area contributed by atoms with Gasteiger partial charge in [0.15, 0.2) is 11.5 Å². The van der Waals surface area contributed by atoms with E-state index in [-0.39, 0.29) is 17.5 Å². The van der Waals surface area contributed by atoms with E-state index in [1.807, 2.05) is 36.4 Å². The number of nitrogens with one attached hydrogen (secondary N) is 2. The summed E-state index contributed by atoms with van der Waals surface area (Å²) in [6, 6.07) is 27.5. The molecular formula is C33H38F3N3O5. The summed E-state index contributed by atoms with van der Waals surface area (Å²) in [4.78, 5) is 24.3. The molecule has 3 N–H and O–H groups in total. The third kappa shape index (κ3) is 8.02. The number of carbonyl (C=O) groups is 2. The molecule has 0 radical (unpaired) electrons. The summed E-state index contributed by atoms with van der Waals surface area (Å²) in [5, 5.41) is 13.4. The number of halogens is 3. The van der Waals surface area contributed by atoms with Crippen LogP contribution >= 0.6 is 0 Å². The number of nitrogens with zero attached hydrogens (tertiary/aromatic N) is 1. The normalized spacial score (nSPS) is 21.3. The van der Waals surface area contributed by atoms with Crippen molar-refractivity contribution in [1.82, 2.24) is 15.5 Å². The molecule has 1 saturated carbocycles. The van der Waals surface area contributed by atoms with E-state index in [1.54, 1.807) is 14.2 Å². The number of alkyl halides is 3. The summed E-state index contributed by atoms with van der Waals surface area (Å²) in [7, 11) is 3.37. The van der Waals surface area contributed by atoms with Gasteiger partial charge in [-0.3, -0.25) is 4.90 Å². The van der Waals surface area contributed by atoms with E-state index in [9.17, 15) is 18.0 Å². The van der Waals surface area contributed by atoms with Crippen LogP contribution in [0.5, 0.6) is 11.5 Å². The molecule has 2 amide bonds. The van der Waals surface area contributed by atoms with Gasteiger partial charge in [0.25, 0.3) is 0 Å². The fourth-order valence-corrected chi connectivity index (χ4v) is 6.28. The Hall–Kier alpha value is -4.25. The molecule has 1 heterocycles. The standard InChI is InChI=1S/C31H37N3O3.C2HF3O2/c1-36-27-14-13-25(19-28(27)37-2)31-16-15-26(33-30(35)32-21-23-9-5-3-6-10-23)20-29(31)34(18-17-31)22-24-11-7-4-8-12-24;3-2(4,5)1(6)7/h3-14,19,26,29H,15-18,20-22H2,1-2H3,(H2,32,33,35);(H,6,7). The maximum Gasteiger partial charge on any atom is 0.490 e. The SMILES string of the molecule is COc1ccc(C23CCC(NC(=O)NCc4ccccc4)CC2N(Cc2ccccc2)CC3)cc1OC.O=C(O)C(F)(F)F. The van der Waals surface area contributed by atoms with Gasteiger partial charge in [-0.05, 0) is 61.1 Å². The summed E-state index contributed by atoms with van der Waals surface area (Å²) in [6.07, 6.45) is -1.11. The highest BCUT2D eigenvalue weighted by molar-refractivity contribution is 5.74. The van der Waals surface area contributed by atoms with E-state index < -0.39 is 12.1 Å². The van der Waals surface area contributed by atoms with Gasteiger partial charge in [0.2, 0.25) is 0 Å². The summed E-state index contributed by atoms with van der Waals surface area (Å²) < 4.78 is 42.9. The van der Waals surface area contributed by atoms with Gasteiger partial charge in [-0.1, -0.05) is 66.7 Å². The van der Waals surface area contributed by atoms with Gasteiger partial charge in [0.05, 0.1) is 14.2 Å². The molecule has 236 valence electrons. The van der Waals surface area contributed by atoms with Crippen LogP contribution in [0.1, 0.15) is 42.4 Å². The first-order valence-electron chi connectivity index (χ1n) is 14.4. The summed E-state index contributed by atoms with van der Waals surface area (Å²) in [5.74, 6) is -1.23. The molecule has 0 aromatic heterocycles. The zero-order valence-corrected chi connectivity index (χ0v) is 24.8. The molecule has 3 unspecified atom stereocenters. The number of ether oxygens (including phenoxy) is 2. The quantitative estimate of drug-likeness (QED) is 0.293. The number of rotatable bonds is 8. The van der Waals surface area contributed by atoms with Crippen molar-refractivity contribution in [2.75, 3.05) is 20.8 Å². The van der Waals surface area contributed by atoms with Crippen molar-refractivity contribution in [3.8, 4) is 11.5 Å². The van der Waals surface area contributed by atoms with E-state index in [0.29, 0.717) is 12.6 Å². The number of methoxy groups -OCH3 is 2. The third-order valence-electron chi connectivity index (χ3n) is 8.43. The minimum Gasteiger partial charge on any atom is -0.493 e. The average Bonchev–Trinajstić information content (AvgIpc) is 3.39. The van der Waals surface area contributed by atoms with Gasteiger partial charge >= 0.3 is 18.2 Å². The molecular weight excluding hydrogens is 575 g/mol. The van der Waals surface area contributed by atoms with Crippen LogP contribution < -0.4 is 20.1 Å². The van der Waals surface area contributed by atoms with Gasteiger partial charge in [0, 0.05) is 30.6 Å². The number of hydrogen-bond donors (Lipinski definition) is 3. The first-order chi connectivity index (χ1) is 21.1. The zero-order valence-electron chi connectivity index (χ0n) is 24.8. The fraction of sp³-hybridized carbons (Fsp3) is 0.394. The van der Waals surface area contributed by atoms with Gasteiger partial charge in [0.1, 0.15) is 0 Å². The number of hydrogen-bond acceptors (Lipinski definition) is 5. The Morgan fingerprint density at radius 3 is 2.14 bits per heavy atom. The Kier molecular flexibility index (Phi) is 10.7. The maximum absolute atomic E-state index is 12.8. The lowest BCUT2D eigenvalue weighted by molar-refractivity contribution is -0.192. The second kappa shape index (κ2) is 14.5. The highest BCUT2D eigenvalue weighted by Crippen LogP contribution is 2.50. The fourth-order valence-electron chi connectivity index (χ4n) is 6.28. The molecule has 1 saturated heterocycles. The Bertz CT molecular complexity index is 1390. The smallest absolute Gasteiger partial charge is 0.490 e. The highest BCUT2D eigenvalue weighted by Gasteiger charge is 2.51. The van der Waals surface area contributed by atoms with Crippen LogP contribution in [0.3, 0.4) is 0 Å². The van der Waals surface area contributed by atoms with E-state index in [1.165, 1.54) is 11.1 Å². The van der Waals surface area contributed by atoms with Crippen LogP contribution in [0.15, 0.2) is 78.9 Å². The summed E-state index contributed by atoms with van der Waals surface area (Å²) >= 11 is 0. The van der Waals surface area contributed by atoms with Crippen LogP contribution in [0.25, 0.3) is 0 Å². The Morgan fingerprint density at radius 1 is 0.932 bits per heavy atom. The average molecular weight is 614 g/mol. The van der Waals surface area contributed by atoms with Crippen molar-refractivity contribution in [3.63, 3.8) is 0 Å². The van der Waals surface area contributed by atoms with Crippen molar-refractivity contribution >= 4 is 12.0 Å². The van der Waals surface area contributed by atoms with Crippen molar-refractivity contribution in [2.45, 2.75) is 62.4 Å². The largest absolute Gasteiger partial charge is 0.493 e. The van der Waals surface area contributed by atoms with Gasteiger partial charge in [-0.25, -0.2) is 9.59 Å². The first kappa shape index (κ1) is 32.7. The van der Waals surface area contributed by atoms with Crippen molar-refractivity contribution in [1.29, 1.82) is 0 Å². The first-order valence-corrected chi connectivity index (χ1v) is 14.4. The van der Waals surface area contributed by atoms with Crippen LogP contribution in [0.4, 0.5) is 18.0 Å². The van der Waals surface area contributed by atoms with Crippen LogP contribution in [0.2, 0.25) is 0 Å². The number of carbonyl (C=O) groups excluding carboxylic acids is 1. The predicted octanol–water partition coefficient (Wildman–Crippen LogP) is 5.90. The number of benzene rings is 3. The Labute approximate surface area is 255 Å². The van der Waals surface area contributed by atoms with Crippen molar-refractivity contribution in [3.05, 3.63) is 95.6 Å². The lowest BCUT2D eigenvalue weighted by atomic mass is 9.65.